The molecule has 1 saturated carbocycles. The van der Waals surface area contributed by atoms with Crippen molar-refractivity contribution in [3.8, 4) is 17.6 Å². The number of benzene rings is 1. The molecule has 0 saturated heterocycles. The quantitative estimate of drug-likeness (QED) is 0.335. The predicted molar refractivity (Wildman–Crippen MR) is 121 cm³/mol. The van der Waals surface area contributed by atoms with Crippen molar-refractivity contribution in [1.29, 1.82) is 0 Å². The Labute approximate surface area is 174 Å². The van der Waals surface area contributed by atoms with Crippen molar-refractivity contribution in [3.63, 3.8) is 0 Å². The summed E-state index contributed by atoms with van der Waals surface area (Å²) in [5.74, 6) is 8.59. The molecule has 150 valence electrons. The maximum Gasteiger partial charge on any atom is 0.191 e. The zero-order valence-corrected chi connectivity index (χ0v) is 20.2. The Morgan fingerprint density at radius 2 is 1.81 bits per heavy atom. The zero-order chi connectivity index (χ0) is 20.2. The van der Waals surface area contributed by atoms with E-state index in [2.05, 4.69) is 61.6 Å². The Bertz CT molecular complexity index is 707. The van der Waals surface area contributed by atoms with Gasteiger partial charge in [0.05, 0.1) is 17.3 Å². The first kappa shape index (κ1) is 22.3. The van der Waals surface area contributed by atoms with Gasteiger partial charge in [0.2, 0.25) is 0 Å². The van der Waals surface area contributed by atoms with Crippen LogP contribution in [-0.4, -0.2) is 22.0 Å². The number of methoxy groups -OCH3 is 1. The molecule has 0 spiro atoms. The van der Waals surface area contributed by atoms with Gasteiger partial charge >= 0.3 is 0 Å². The summed E-state index contributed by atoms with van der Waals surface area (Å²) in [6.07, 6.45) is 4.71. The molecule has 0 aliphatic heterocycles. The molecule has 1 aliphatic carbocycles. The van der Waals surface area contributed by atoms with E-state index in [9.17, 15) is 0 Å². The molecule has 1 aromatic rings. The van der Waals surface area contributed by atoms with E-state index in [0.29, 0.717) is 17.5 Å². The molecular weight excluding hydrogens is 418 g/mol. The average molecular weight is 453 g/mol. The molecule has 5 heteroatoms. The normalized spacial score (nSPS) is 20.7. The van der Waals surface area contributed by atoms with Crippen LogP contribution < -0.4 is 10.5 Å². The smallest absolute Gasteiger partial charge is 0.191 e. The number of rotatable bonds is 4. The maximum atomic E-state index is 6.42. The van der Waals surface area contributed by atoms with Gasteiger partial charge in [-0.2, -0.15) is 0 Å². The molecule has 0 heterocycles. The van der Waals surface area contributed by atoms with Gasteiger partial charge in [0, 0.05) is 24.2 Å². The summed E-state index contributed by atoms with van der Waals surface area (Å²) in [5.41, 5.74) is 7.64. The van der Waals surface area contributed by atoms with Crippen LogP contribution in [0.2, 0.25) is 18.1 Å². The van der Waals surface area contributed by atoms with Crippen LogP contribution >= 0.6 is 15.9 Å². The van der Waals surface area contributed by atoms with Crippen molar-refractivity contribution >= 4 is 29.9 Å². The Morgan fingerprint density at radius 3 is 2.37 bits per heavy atom. The molecular formula is C22H34BrNO2Si. The highest BCUT2D eigenvalue weighted by molar-refractivity contribution is 9.10. The van der Waals surface area contributed by atoms with Crippen LogP contribution in [0.5, 0.6) is 5.75 Å². The molecule has 0 bridgehead atoms. The van der Waals surface area contributed by atoms with Crippen molar-refractivity contribution in [2.24, 2.45) is 11.8 Å². The number of ether oxygens (including phenoxy) is 1. The molecule has 1 fully saturated rings. The number of nitrogen functional groups attached to an aromatic ring is 1. The number of anilines is 1. The third-order valence-electron chi connectivity index (χ3n) is 6.07. The van der Waals surface area contributed by atoms with Gasteiger partial charge in [0.15, 0.2) is 8.32 Å². The van der Waals surface area contributed by atoms with Gasteiger partial charge in [0.25, 0.3) is 0 Å². The number of hydrogen-bond acceptors (Lipinski definition) is 3. The Kier molecular flexibility index (Phi) is 7.46. The second-order valence-electron chi connectivity index (χ2n) is 9.13. The summed E-state index contributed by atoms with van der Waals surface area (Å²) >= 11 is 3.50. The summed E-state index contributed by atoms with van der Waals surface area (Å²) in [6, 6.07) is 3.77. The molecule has 27 heavy (non-hydrogen) atoms. The fourth-order valence-corrected chi connectivity index (χ4v) is 4.62. The molecule has 2 rings (SSSR count). The molecule has 1 aliphatic rings. The highest BCUT2D eigenvalue weighted by Gasteiger charge is 2.37. The molecule has 0 unspecified atom stereocenters. The van der Waals surface area contributed by atoms with E-state index in [-0.39, 0.29) is 5.04 Å². The Hall–Kier alpha value is -0.963. The molecule has 2 N–H and O–H groups in total. The minimum Gasteiger partial charge on any atom is -0.495 e. The molecule has 0 aromatic heterocycles. The molecule has 0 atom stereocenters. The molecule has 0 radical (unpaired) electrons. The zero-order valence-electron chi connectivity index (χ0n) is 17.6. The lowest BCUT2D eigenvalue weighted by molar-refractivity contribution is 0.183. The third kappa shape index (κ3) is 6.01. The molecule has 0 amide bonds. The number of hydrogen-bond donors (Lipinski definition) is 1. The van der Waals surface area contributed by atoms with Crippen molar-refractivity contribution in [1.82, 2.24) is 0 Å². The minimum atomic E-state index is -1.64. The van der Waals surface area contributed by atoms with E-state index in [1.54, 1.807) is 7.11 Å². The first-order chi connectivity index (χ1) is 12.5. The second-order valence-corrected chi connectivity index (χ2v) is 14.8. The van der Waals surface area contributed by atoms with Crippen LogP contribution in [0.25, 0.3) is 0 Å². The van der Waals surface area contributed by atoms with Gasteiger partial charge in [-0.05, 0) is 71.7 Å². The second kappa shape index (κ2) is 9.02. The third-order valence-corrected chi connectivity index (χ3v) is 11.2. The highest BCUT2D eigenvalue weighted by Crippen LogP contribution is 2.38. The first-order valence-electron chi connectivity index (χ1n) is 9.82. The number of halogens is 1. The van der Waals surface area contributed by atoms with Crippen LogP contribution in [0.4, 0.5) is 5.69 Å². The lowest BCUT2D eigenvalue weighted by Gasteiger charge is -2.38. The Balaban J connectivity index is 1.89. The van der Waals surface area contributed by atoms with E-state index in [1.807, 2.05) is 12.1 Å². The summed E-state index contributed by atoms with van der Waals surface area (Å²) < 4.78 is 12.6. The SMILES string of the molecule is COc1cc(N)c(C#CC2CCC(CO[Si](C)(C)C(C)(C)C)CC2)cc1Br. The van der Waals surface area contributed by atoms with Gasteiger partial charge in [0.1, 0.15) is 5.75 Å². The summed E-state index contributed by atoms with van der Waals surface area (Å²) in [4.78, 5) is 0. The maximum absolute atomic E-state index is 6.42. The van der Waals surface area contributed by atoms with Crippen LogP contribution in [0.15, 0.2) is 16.6 Å². The highest BCUT2D eigenvalue weighted by atomic mass is 79.9. The summed E-state index contributed by atoms with van der Waals surface area (Å²) in [5, 5.41) is 0.280. The van der Waals surface area contributed by atoms with Gasteiger partial charge < -0.3 is 14.9 Å². The van der Waals surface area contributed by atoms with Crippen molar-refractivity contribution in [3.05, 3.63) is 22.2 Å². The topological polar surface area (TPSA) is 44.5 Å². The first-order valence-corrected chi connectivity index (χ1v) is 13.5. The lowest BCUT2D eigenvalue weighted by atomic mass is 9.83. The van der Waals surface area contributed by atoms with E-state index in [1.165, 1.54) is 12.8 Å². The lowest BCUT2D eigenvalue weighted by Crippen LogP contribution is -2.42. The van der Waals surface area contributed by atoms with Crippen LogP contribution in [0, 0.1) is 23.7 Å². The van der Waals surface area contributed by atoms with E-state index in [4.69, 9.17) is 14.9 Å². The molecule has 3 nitrogen and oxygen atoms in total. The van der Waals surface area contributed by atoms with Crippen LogP contribution in [0.3, 0.4) is 0 Å². The number of nitrogens with two attached hydrogens (primary N) is 1. The summed E-state index contributed by atoms with van der Waals surface area (Å²) in [7, 11) is -0.00427. The van der Waals surface area contributed by atoms with Crippen molar-refractivity contribution < 1.29 is 9.16 Å². The van der Waals surface area contributed by atoms with Crippen LogP contribution in [-0.2, 0) is 4.43 Å². The van der Waals surface area contributed by atoms with Gasteiger partial charge in [-0.25, -0.2) is 0 Å². The van der Waals surface area contributed by atoms with E-state index in [0.717, 1.165) is 35.2 Å². The average Bonchev–Trinajstić information content (AvgIpc) is 2.60. The van der Waals surface area contributed by atoms with Crippen LogP contribution in [0.1, 0.15) is 52.0 Å². The standard InChI is InChI=1S/C22H34BrNO2Si/c1-22(2,3)27(5,6)26-15-17-9-7-16(8-10-17)11-12-18-13-19(23)21(25-4)14-20(18)24/h13-14,16-17H,7-10,15,24H2,1-6H3. The molecule has 1 aromatic carbocycles. The Morgan fingerprint density at radius 1 is 1.19 bits per heavy atom. The largest absolute Gasteiger partial charge is 0.495 e. The van der Waals surface area contributed by atoms with Crippen molar-refractivity contribution in [2.75, 3.05) is 19.5 Å². The van der Waals surface area contributed by atoms with Gasteiger partial charge in [-0.15, -0.1) is 0 Å². The van der Waals surface area contributed by atoms with Gasteiger partial charge in [-0.1, -0.05) is 32.6 Å². The van der Waals surface area contributed by atoms with E-state index < -0.39 is 8.32 Å². The predicted octanol–water partition coefficient (Wildman–Crippen LogP) is 6.22. The van der Waals surface area contributed by atoms with Crippen molar-refractivity contribution in [2.45, 2.75) is 64.6 Å². The van der Waals surface area contributed by atoms with E-state index >= 15 is 0 Å². The fourth-order valence-electron chi connectivity index (χ4n) is 3.03. The minimum absolute atomic E-state index is 0.280. The monoisotopic (exact) mass is 451 g/mol. The van der Waals surface area contributed by atoms with Gasteiger partial charge in [-0.3, -0.25) is 0 Å². The fraction of sp³-hybridized carbons (Fsp3) is 0.636. The summed E-state index contributed by atoms with van der Waals surface area (Å²) in [6.45, 7) is 12.5.